The highest BCUT2D eigenvalue weighted by Crippen LogP contribution is 2.45. The summed E-state index contributed by atoms with van der Waals surface area (Å²) in [5.41, 5.74) is 0.255. The van der Waals surface area contributed by atoms with Crippen molar-refractivity contribution in [2.45, 2.75) is 24.9 Å². The van der Waals surface area contributed by atoms with Gasteiger partial charge in [-0.3, -0.25) is 0 Å². The van der Waals surface area contributed by atoms with Crippen molar-refractivity contribution in [3.05, 3.63) is 47.0 Å². The zero-order valence-electron chi connectivity index (χ0n) is 10.1. The molecule has 0 aliphatic heterocycles. The van der Waals surface area contributed by atoms with Crippen LogP contribution in [0.2, 0.25) is 5.02 Å². The molecule has 4 nitrogen and oxygen atoms in total. The maximum atomic E-state index is 11.6. The molecular formula is C14H13ClO4. The van der Waals surface area contributed by atoms with E-state index in [1.807, 2.05) is 12.1 Å². The van der Waals surface area contributed by atoms with E-state index in [2.05, 4.69) is 0 Å². The fraction of sp³-hybridized carbons (Fsp3) is 0.286. The molecule has 1 aliphatic carbocycles. The molecule has 5 heteroatoms. The molecule has 0 saturated heterocycles. The number of carbonyl (C=O) groups excluding carboxylic acids is 1. The van der Waals surface area contributed by atoms with Crippen molar-refractivity contribution in [3.8, 4) is 0 Å². The summed E-state index contributed by atoms with van der Waals surface area (Å²) in [6.07, 6.45) is 4.15. The summed E-state index contributed by atoms with van der Waals surface area (Å²) < 4.78 is 5.42. The van der Waals surface area contributed by atoms with E-state index in [1.165, 1.54) is 0 Å². The second-order valence-corrected chi connectivity index (χ2v) is 4.88. The highest BCUT2D eigenvalue weighted by Gasteiger charge is 2.42. The van der Waals surface area contributed by atoms with Crippen LogP contribution in [0.4, 0.5) is 0 Å². The van der Waals surface area contributed by atoms with E-state index in [4.69, 9.17) is 21.4 Å². The maximum Gasteiger partial charge on any atom is 0.331 e. The van der Waals surface area contributed by atoms with E-state index in [9.17, 15) is 9.59 Å². The van der Waals surface area contributed by atoms with Crippen LogP contribution >= 0.6 is 11.6 Å². The molecule has 0 aromatic heterocycles. The van der Waals surface area contributed by atoms with E-state index in [1.54, 1.807) is 12.1 Å². The van der Waals surface area contributed by atoms with Crippen molar-refractivity contribution in [1.29, 1.82) is 0 Å². The molecule has 1 aliphatic rings. The minimum atomic E-state index is -1.17. The number of hydrogen-bond donors (Lipinski definition) is 1. The Kier molecular flexibility index (Phi) is 3.90. The molecule has 1 aromatic carbocycles. The van der Waals surface area contributed by atoms with Crippen LogP contribution in [-0.2, 0) is 19.9 Å². The number of hydrogen-bond acceptors (Lipinski definition) is 3. The van der Waals surface area contributed by atoms with Gasteiger partial charge in [0.25, 0.3) is 0 Å². The number of esters is 1. The zero-order valence-corrected chi connectivity index (χ0v) is 10.9. The smallest absolute Gasteiger partial charge is 0.331 e. The van der Waals surface area contributed by atoms with Gasteiger partial charge >= 0.3 is 11.9 Å². The molecule has 0 unspecified atom stereocenters. The third kappa shape index (κ3) is 3.15. The lowest BCUT2D eigenvalue weighted by molar-refractivity contribution is -0.165. The number of carboxylic acid groups (broad SMARTS) is 1. The van der Waals surface area contributed by atoms with Gasteiger partial charge in [0.2, 0.25) is 0 Å². The molecule has 0 radical (unpaired) electrons. The third-order valence-corrected chi connectivity index (χ3v) is 3.44. The van der Waals surface area contributed by atoms with Crippen molar-refractivity contribution in [2.75, 3.05) is 0 Å². The Balaban J connectivity index is 2.13. The maximum absolute atomic E-state index is 11.6. The van der Waals surface area contributed by atoms with Gasteiger partial charge in [0.1, 0.15) is 5.60 Å². The lowest BCUT2D eigenvalue weighted by atomic mass is 9.75. The molecule has 0 amide bonds. The molecule has 0 spiro atoms. The van der Waals surface area contributed by atoms with Crippen molar-refractivity contribution < 1.29 is 19.4 Å². The molecule has 1 aromatic rings. The lowest BCUT2D eigenvalue weighted by Gasteiger charge is -2.41. The topological polar surface area (TPSA) is 63.6 Å². The molecule has 0 atom stereocenters. The minimum absolute atomic E-state index is 0.621. The molecule has 0 heterocycles. The zero-order chi connectivity index (χ0) is 13.9. The number of halogens is 1. The van der Waals surface area contributed by atoms with Gasteiger partial charge in [-0.1, -0.05) is 23.7 Å². The Morgan fingerprint density at radius 1 is 1.21 bits per heavy atom. The Labute approximate surface area is 115 Å². The van der Waals surface area contributed by atoms with Crippen molar-refractivity contribution in [1.82, 2.24) is 0 Å². The summed E-state index contributed by atoms with van der Waals surface area (Å²) in [7, 11) is 0. The number of benzene rings is 1. The Morgan fingerprint density at radius 2 is 1.84 bits per heavy atom. The average Bonchev–Trinajstić information content (AvgIpc) is 2.32. The van der Waals surface area contributed by atoms with Gasteiger partial charge in [0.05, 0.1) is 0 Å². The van der Waals surface area contributed by atoms with Crippen LogP contribution in [0.25, 0.3) is 0 Å². The fourth-order valence-corrected chi connectivity index (χ4v) is 2.19. The summed E-state index contributed by atoms with van der Waals surface area (Å²) in [4.78, 5) is 21.9. The van der Waals surface area contributed by atoms with Gasteiger partial charge in [-0.25, -0.2) is 9.59 Å². The van der Waals surface area contributed by atoms with Crippen LogP contribution in [-0.4, -0.2) is 17.0 Å². The van der Waals surface area contributed by atoms with Gasteiger partial charge in [-0.05, 0) is 37.0 Å². The van der Waals surface area contributed by atoms with Gasteiger partial charge in [0.15, 0.2) is 0 Å². The first-order chi connectivity index (χ1) is 9.02. The molecule has 2 rings (SSSR count). The third-order valence-electron chi connectivity index (χ3n) is 3.19. The molecule has 100 valence electrons. The minimum Gasteiger partial charge on any atom is -0.478 e. The second kappa shape index (κ2) is 5.45. The SMILES string of the molecule is O=C(O)/C=C/C(=O)OC1(c2ccc(Cl)cc2)CCC1. The standard InChI is InChI=1S/C14H13ClO4/c15-11-4-2-10(3-5-11)14(8-1-9-14)19-13(18)7-6-12(16)17/h2-7H,1,8-9H2,(H,16,17)/b7-6+. The Hall–Kier alpha value is -1.81. The second-order valence-electron chi connectivity index (χ2n) is 4.45. The highest BCUT2D eigenvalue weighted by atomic mass is 35.5. The summed E-state index contributed by atoms with van der Waals surface area (Å²) in [6.45, 7) is 0. The fourth-order valence-electron chi connectivity index (χ4n) is 2.07. The van der Waals surface area contributed by atoms with E-state index in [0.29, 0.717) is 5.02 Å². The van der Waals surface area contributed by atoms with E-state index >= 15 is 0 Å². The summed E-state index contributed by atoms with van der Waals surface area (Å²) in [6, 6.07) is 7.15. The van der Waals surface area contributed by atoms with Crippen molar-refractivity contribution in [3.63, 3.8) is 0 Å². The normalized spacial score (nSPS) is 16.9. The predicted molar refractivity (Wildman–Crippen MR) is 69.8 cm³/mol. The number of ether oxygens (including phenoxy) is 1. The molecular weight excluding hydrogens is 268 g/mol. The van der Waals surface area contributed by atoms with Crippen LogP contribution in [0.15, 0.2) is 36.4 Å². The van der Waals surface area contributed by atoms with Crippen molar-refractivity contribution >= 4 is 23.5 Å². The quantitative estimate of drug-likeness (QED) is 0.680. The largest absolute Gasteiger partial charge is 0.478 e. The molecule has 1 saturated carbocycles. The van der Waals surface area contributed by atoms with E-state index in [0.717, 1.165) is 37.0 Å². The summed E-state index contributed by atoms with van der Waals surface area (Å²) in [5.74, 6) is -1.82. The first-order valence-electron chi connectivity index (χ1n) is 5.92. The van der Waals surface area contributed by atoms with Gasteiger partial charge in [-0.2, -0.15) is 0 Å². The van der Waals surface area contributed by atoms with Gasteiger partial charge in [-0.15, -0.1) is 0 Å². The molecule has 1 N–H and O–H groups in total. The number of rotatable bonds is 4. The highest BCUT2D eigenvalue weighted by molar-refractivity contribution is 6.30. The Bertz CT molecular complexity index is 515. The monoisotopic (exact) mass is 280 g/mol. The summed E-state index contributed by atoms with van der Waals surface area (Å²) >= 11 is 5.83. The molecule has 19 heavy (non-hydrogen) atoms. The first kappa shape index (κ1) is 13.6. The van der Waals surface area contributed by atoms with Crippen LogP contribution in [0.5, 0.6) is 0 Å². The summed E-state index contributed by atoms with van der Waals surface area (Å²) in [5, 5.41) is 9.09. The van der Waals surface area contributed by atoms with Crippen molar-refractivity contribution in [2.24, 2.45) is 0 Å². The number of carboxylic acids is 1. The number of aliphatic carboxylic acids is 1. The lowest BCUT2D eigenvalue weighted by Crippen LogP contribution is -2.38. The molecule has 0 bridgehead atoms. The first-order valence-corrected chi connectivity index (χ1v) is 6.30. The van der Waals surface area contributed by atoms with Crippen LogP contribution in [0.3, 0.4) is 0 Å². The van der Waals surface area contributed by atoms with E-state index < -0.39 is 17.5 Å². The molecule has 1 fully saturated rings. The van der Waals surface area contributed by atoms with Gasteiger partial charge < -0.3 is 9.84 Å². The average molecular weight is 281 g/mol. The predicted octanol–water partition coefficient (Wildman–Crippen LogP) is 2.90. The number of carbonyl (C=O) groups is 2. The van der Waals surface area contributed by atoms with Gasteiger partial charge in [0, 0.05) is 17.2 Å². The van der Waals surface area contributed by atoms with Crippen LogP contribution in [0, 0.1) is 0 Å². The van der Waals surface area contributed by atoms with E-state index in [-0.39, 0.29) is 0 Å². The van der Waals surface area contributed by atoms with Crippen LogP contribution in [0.1, 0.15) is 24.8 Å². The Morgan fingerprint density at radius 3 is 2.32 bits per heavy atom. The van der Waals surface area contributed by atoms with Crippen LogP contribution < -0.4 is 0 Å².